The summed E-state index contributed by atoms with van der Waals surface area (Å²) in [6, 6.07) is 5.82. The van der Waals surface area contributed by atoms with Crippen LogP contribution in [0.4, 0.5) is 0 Å². The van der Waals surface area contributed by atoms with Crippen molar-refractivity contribution in [3.05, 3.63) is 52.0 Å². The number of nitrogens with one attached hydrogen (secondary N) is 1. The highest BCUT2D eigenvalue weighted by atomic mass is 35.5. The maximum atomic E-state index is 6.25. The summed E-state index contributed by atoms with van der Waals surface area (Å²) in [5.74, 6) is 1.07. The summed E-state index contributed by atoms with van der Waals surface area (Å²) >= 11 is 12.2. The lowest BCUT2D eigenvalue weighted by molar-refractivity contribution is 0.536. The van der Waals surface area contributed by atoms with Gasteiger partial charge < -0.3 is 9.88 Å². The van der Waals surface area contributed by atoms with Crippen LogP contribution in [0.1, 0.15) is 23.9 Å². The van der Waals surface area contributed by atoms with Crippen LogP contribution in [0, 0.1) is 0 Å². The van der Waals surface area contributed by atoms with E-state index >= 15 is 0 Å². The summed E-state index contributed by atoms with van der Waals surface area (Å²) in [6.07, 6.45) is 5.61. The largest absolute Gasteiger partial charge is 0.338 e. The number of rotatable bonds is 5. The van der Waals surface area contributed by atoms with Gasteiger partial charge in [-0.05, 0) is 31.2 Å². The molecular weight excluding hydrogens is 281 g/mol. The first-order valence-corrected chi connectivity index (χ1v) is 6.96. The molecule has 0 fully saturated rings. The minimum atomic E-state index is 0.196. The Labute approximate surface area is 123 Å². The van der Waals surface area contributed by atoms with E-state index < -0.39 is 0 Å². The van der Waals surface area contributed by atoms with Gasteiger partial charge in [-0.3, -0.25) is 0 Å². The van der Waals surface area contributed by atoms with Gasteiger partial charge in [0.1, 0.15) is 5.82 Å². The standard InChI is InChI=1S/C14H17Cl2N3/c1-17-13(5-6-14-18-7-8-19(14)2)11-4-3-10(15)9-12(11)16/h3-4,7-9,13,17H,5-6H2,1-2H3. The Morgan fingerprint density at radius 2 is 2.16 bits per heavy atom. The molecule has 19 heavy (non-hydrogen) atoms. The van der Waals surface area contributed by atoms with Crippen LogP contribution < -0.4 is 5.32 Å². The van der Waals surface area contributed by atoms with Crippen molar-refractivity contribution in [1.29, 1.82) is 0 Å². The highest BCUT2D eigenvalue weighted by molar-refractivity contribution is 6.35. The molecule has 0 aliphatic heterocycles. The Hall–Kier alpha value is -1.03. The molecule has 1 atom stereocenters. The Morgan fingerprint density at radius 3 is 2.74 bits per heavy atom. The van der Waals surface area contributed by atoms with E-state index in [1.165, 1.54) is 0 Å². The van der Waals surface area contributed by atoms with Gasteiger partial charge in [0.25, 0.3) is 0 Å². The Balaban J connectivity index is 2.10. The molecule has 1 unspecified atom stereocenters. The smallest absolute Gasteiger partial charge is 0.108 e. The van der Waals surface area contributed by atoms with Crippen LogP contribution in [0.25, 0.3) is 0 Å². The van der Waals surface area contributed by atoms with E-state index in [1.54, 1.807) is 6.07 Å². The highest BCUT2D eigenvalue weighted by Gasteiger charge is 2.14. The van der Waals surface area contributed by atoms with Gasteiger partial charge in [0, 0.05) is 41.9 Å². The fourth-order valence-electron chi connectivity index (χ4n) is 2.15. The SMILES string of the molecule is CNC(CCc1nccn1C)c1ccc(Cl)cc1Cl. The minimum absolute atomic E-state index is 0.196. The van der Waals surface area contributed by atoms with Gasteiger partial charge >= 0.3 is 0 Å². The van der Waals surface area contributed by atoms with Crippen molar-refractivity contribution in [2.24, 2.45) is 7.05 Å². The van der Waals surface area contributed by atoms with E-state index in [-0.39, 0.29) is 6.04 Å². The molecule has 0 saturated heterocycles. The third-order valence-corrected chi connectivity index (χ3v) is 3.83. The van der Waals surface area contributed by atoms with E-state index in [2.05, 4.69) is 10.3 Å². The molecular formula is C14H17Cl2N3. The topological polar surface area (TPSA) is 29.9 Å². The van der Waals surface area contributed by atoms with Crippen LogP contribution in [-0.2, 0) is 13.5 Å². The fraction of sp³-hybridized carbons (Fsp3) is 0.357. The monoisotopic (exact) mass is 297 g/mol. The zero-order chi connectivity index (χ0) is 13.8. The van der Waals surface area contributed by atoms with Crippen molar-refractivity contribution in [3.63, 3.8) is 0 Å². The molecule has 0 amide bonds. The number of aromatic nitrogens is 2. The Kier molecular flexibility index (Phi) is 4.86. The molecule has 102 valence electrons. The molecule has 0 aliphatic rings. The molecule has 0 aliphatic carbocycles. The Morgan fingerprint density at radius 1 is 1.37 bits per heavy atom. The van der Waals surface area contributed by atoms with Gasteiger partial charge in [0.2, 0.25) is 0 Å². The first-order chi connectivity index (χ1) is 9.11. The summed E-state index contributed by atoms with van der Waals surface area (Å²) in [7, 11) is 3.94. The second-order valence-corrected chi connectivity index (χ2v) is 5.34. The van der Waals surface area contributed by atoms with Crippen molar-refractivity contribution in [2.45, 2.75) is 18.9 Å². The van der Waals surface area contributed by atoms with E-state index in [0.717, 1.165) is 24.2 Å². The molecule has 0 bridgehead atoms. The lowest BCUT2D eigenvalue weighted by atomic mass is 10.0. The van der Waals surface area contributed by atoms with Crippen LogP contribution in [-0.4, -0.2) is 16.6 Å². The number of benzene rings is 1. The first-order valence-electron chi connectivity index (χ1n) is 6.20. The third kappa shape index (κ3) is 3.50. The average Bonchev–Trinajstić information content (AvgIpc) is 2.78. The fourth-order valence-corrected chi connectivity index (χ4v) is 2.69. The molecule has 0 radical (unpaired) electrons. The molecule has 1 heterocycles. The molecule has 5 heteroatoms. The summed E-state index contributed by atoms with van der Waals surface area (Å²) in [4.78, 5) is 4.33. The maximum absolute atomic E-state index is 6.25. The molecule has 0 spiro atoms. The second kappa shape index (κ2) is 6.42. The summed E-state index contributed by atoms with van der Waals surface area (Å²) in [5.41, 5.74) is 1.07. The second-order valence-electron chi connectivity index (χ2n) is 4.50. The van der Waals surface area contributed by atoms with Crippen molar-refractivity contribution >= 4 is 23.2 Å². The van der Waals surface area contributed by atoms with Gasteiger partial charge in [-0.1, -0.05) is 29.3 Å². The van der Waals surface area contributed by atoms with Crippen molar-refractivity contribution in [3.8, 4) is 0 Å². The maximum Gasteiger partial charge on any atom is 0.108 e. The average molecular weight is 298 g/mol. The van der Waals surface area contributed by atoms with Crippen molar-refractivity contribution in [2.75, 3.05) is 7.05 Å². The normalized spacial score (nSPS) is 12.6. The minimum Gasteiger partial charge on any atom is -0.338 e. The summed E-state index contributed by atoms with van der Waals surface area (Å²) in [5, 5.41) is 4.66. The van der Waals surface area contributed by atoms with Gasteiger partial charge in [0.15, 0.2) is 0 Å². The molecule has 2 rings (SSSR count). The summed E-state index contributed by atoms with van der Waals surface area (Å²) < 4.78 is 2.04. The summed E-state index contributed by atoms with van der Waals surface area (Å²) in [6.45, 7) is 0. The number of hydrogen-bond acceptors (Lipinski definition) is 2. The zero-order valence-corrected chi connectivity index (χ0v) is 12.5. The number of halogens is 2. The van der Waals surface area contributed by atoms with Gasteiger partial charge in [0.05, 0.1) is 0 Å². The van der Waals surface area contributed by atoms with E-state index in [1.807, 2.05) is 43.2 Å². The molecule has 1 aromatic carbocycles. The van der Waals surface area contributed by atoms with Crippen molar-refractivity contribution in [1.82, 2.24) is 14.9 Å². The van der Waals surface area contributed by atoms with Crippen LogP contribution >= 0.6 is 23.2 Å². The van der Waals surface area contributed by atoms with E-state index in [4.69, 9.17) is 23.2 Å². The highest BCUT2D eigenvalue weighted by Crippen LogP contribution is 2.28. The predicted molar refractivity (Wildman–Crippen MR) is 79.8 cm³/mol. The zero-order valence-electron chi connectivity index (χ0n) is 11.0. The predicted octanol–water partition coefficient (Wildman–Crippen LogP) is 3.62. The number of nitrogens with zero attached hydrogens (tertiary/aromatic N) is 2. The molecule has 1 aromatic heterocycles. The number of aryl methyl sites for hydroxylation is 2. The number of imidazole rings is 1. The third-order valence-electron chi connectivity index (χ3n) is 3.26. The molecule has 1 N–H and O–H groups in total. The quantitative estimate of drug-likeness (QED) is 0.913. The molecule has 2 aromatic rings. The van der Waals surface area contributed by atoms with Gasteiger partial charge in [-0.15, -0.1) is 0 Å². The molecule has 3 nitrogen and oxygen atoms in total. The lowest BCUT2D eigenvalue weighted by Gasteiger charge is -2.18. The first kappa shape index (κ1) is 14.4. The van der Waals surface area contributed by atoms with Gasteiger partial charge in [-0.2, -0.15) is 0 Å². The van der Waals surface area contributed by atoms with Crippen LogP contribution in [0.2, 0.25) is 10.0 Å². The van der Waals surface area contributed by atoms with Crippen LogP contribution in [0.15, 0.2) is 30.6 Å². The van der Waals surface area contributed by atoms with Gasteiger partial charge in [-0.25, -0.2) is 4.98 Å². The van der Waals surface area contributed by atoms with Crippen LogP contribution in [0.3, 0.4) is 0 Å². The Bertz CT molecular complexity index is 551. The number of hydrogen-bond donors (Lipinski definition) is 1. The van der Waals surface area contributed by atoms with Crippen LogP contribution in [0.5, 0.6) is 0 Å². The molecule has 0 saturated carbocycles. The van der Waals surface area contributed by atoms with E-state index in [0.29, 0.717) is 10.0 Å². The van der Waals surface area contributed by atoms with Crippen molar-refractivity contribution < 1.29 is 0 Å². The van der Waals surface area contributed by atoms with E-state index in [9.17, 15) is 0 Å². The lowest BCUT2D eigenvalue weighted by Crippen LogP contribution is -2.18.